The van der Waals surface area contributed by atoms with Gasteiger partial charge >= 0.3 is 0 Å². The highest BCUT2D eigenvalue weighted by atomic mass is 32.2. The van der Waals surface area contributed by atoms with Crippen LogP contribution in [-0.4, -0.2) is 46.7 Å². The number of carbonyl (C=O) groups excluding carboxylic acids is 2. The summed E-state index contributed by atoms with van der Waals surface area (Å²) < 4.78 is 23.7. The molecule has 0 saturated carbocycles. The van der Waals surface area contributed by atoms with E-state index in [0.717, 1.165) is 16.7 Å². The third kappa shape index (κ3) is 4.09. The Morgan fingerprint density at radius 2 is 2.00 bits per heavy atom. The van der Waals surface area contributed by atoms with Crippen LogP contribution in [0.15, 0.2) is 30.5 Å². The minimum Gasteiger partial charge on any atom is -0.294 e. The summed E-state index contributed by atoms with van der Waals surface area (Å²) in [6.07, 6.45) is 2.70. The lowest BCUT2D eigenvalue weighted by molar-refractivity contribution is -0.113. The van der Waals surface area contributed by atoms with Gasteiger partial charge in [-0.3, -0.25) is 14.9 Å². The van der Waals surface area contributed by atoms with Crippen LogP contribution >= 0.6 is 11.3 Å². The maximum Gasteiger partial charge on any atom is 0.249 e. The number of thiophene rings is 1. The summed E-state index contributed by atoms with van der Waals surface area (Å²) in [7, 11) is -3.42. The van der Waals surface area contributed by atoms with E-state index in [-0.39, 0.29) is 11.7 Å². The number of pyridine rings is 1. The highest BCUT2D eigenvalue weighted by Gasteiger charge is 2.14. The number of hydrogen-bond acceptors (Lipinski definition) is 7. The zero-order valence-corrected chi connectivity index (χ0v) is 15.0. The molecule has 0 bridgehead atoms. The van der Waals surface area contributed by atoms with Gasteiger partial charge in [-0.05, 0) is 31.2 Å². The predicted molar refractivity (Wildman–Crippen MR) is 94.6 cm³/mol. The molecule has 3 rings (SSSR count). The first-order valence-corrected chi connectivity index (χ1v) is 10.0. The maximum absolute atomic E-state index is 11.7. The minimum absolute atomic E-state index is 0.00830. The van der Waals surface area contributed by atoms with Crippen molar-refractivity contribution < 1.29 is 18.0 Å². The van der Waals surface area contributed by atoms with Gasteiger partial charge in [-0.1, -0.05) is 0 Å². The molecule has 3 aromatic rings. The van der Waals surface area contributed by atoms with Crippen molar-refractivity contribution in [3.8, 4) is 10.4 Å². The molecule has 0 aliphatic heterocycles. The molecule has 0 fully saturated rings. The normalized spacial score (nSPS) is 11.6. The first-order valence-electron chi connectivity index (χ1n) is 7.16. The molecule has 10 heteroatoms. The zero-order valence-electron chi connectivity index (χ0n) is 13.4. The molecular weight excluding hydrogens is 364 g/mol. The van der Waals surface area contributed by atoms with Crippen molar-refractivity contribution in [1.29, 1.82) is 0 Å². The Kier molecular flexibility index (Phi) is 4.39. The lowest BCUT2D eigenvalue weighted by atomic mass is 10.2. The molecule has 0 saturated heterocycles. The number of ketones is 1. The van der Waals surface area contributed by atoms with Crippen LogP contribution in [0, 0.1) is 0 Å². The maximum atomic E-state index is 11.7. The first kappa shape index (κ1) is 17.2. The van der Waals surface area contributed by atoms with Crippen LogP contribution < -0.4 is 5.32 Å². The van der Waals surface area contributed by atoms with Gasteiger partial charge in [-0.25, -0.2) is 12.9 Å². The molecule has 8 nitrogen and oxygen atoms in total. The van der Waals surface area contributed by atoms with Crippen LogP contribution in [0.3, 0.4) is 0 Å². The monoisotopic (exact) mass is 378 g/mol. The van der Waals surface area contributed by atoms with Gasteiger partial charge < -0.3 is 0 Å². The van der Waals surface area contributed by atoms with E-state index in [4.69, 9.17) is 0 Å². The molecule has 25 heavy (non-hydrogen) atoms. The fourth-order valence-electron chi connectivity index (χ4n) is 2.16. The molecule has 1 amide bonds. The van der Waals surface area contributed by atoms with Gasteiger partial charge in [0, 0.05) is 22.9 Å². The van der Waals surface area contributed by atoms with Crippen molar-refractivity contribution in [1.82, 2.24) is 14.6 Å². The van der Waals surface area contributed by atoms with Crippen LogP contribution in [0.25, 0.3) is 16.1 Å². The smallest absolute Gasteiger partial charge is 0.249 e. The summed E-state index contributed by atoms with van der Waals surface area (Å²) in [5.74, 6) is -1.28. The molecule has 3 heterocycles. The number of nitrogens with zero attached hydrogens (tertiary/aromatic N) is 3. The molecule has 0 aromatic carbocycles. The number of anilines is 1. The fourth-order valence-corrected chi connectivity index (χ4v) is 3.60. The van der Waals surface area contributed by atoms with Crippen LogP contribution in [0.5, 0.6) is 0 Å². The molecule has 130 valence electrons. The van der Waals surface area contributed by atoms with Gasteiger partial charge in [0.1, 0.15) is 5.75 Å². The lowest BCUT2D eigenvalue weighted by Gasteiger charge is -1.98. The number of fused-ring (bicyclic) bond motifs is 1. The average molecular weight is 378 g/mol. The van der Waals surface area contributed by atoms with Gasteiger partial charge in [0.25, 0.3) is 0 Å². The molecular formula is C15H14N4O4S2. The van der Waals surface area contributed by atoms with E-state index in [2.05, 4.69) is 15.4 Å². The topological polar surface area (TPSA) is 110 Å². The molecule has 0 unspecified atom stereocenters. The van der Waals surface area contributed by atoms with Crippen molar-refractivity contribution in [2.75, 3.05) is 17.3 Å². The third-order valence-electron chi connectivity index (χ3n) is 3.21. The number of amides is 1. The first-order chi connectivity index (χ1) is 11.7. The molecule has 0 radical (unpaired) electrons. The number of sulfone groups is 1. The molecule has 1 N–H and O–H groups in total. The van der Waals surface area contributed by atoms with Gasteiger partial charge in [0.05, 0.1) is 4.88 Å². The fraction of sp³-hybridized carbons (Fsp3) is 0.200. The van der Waals surface area contributed by atoms with Gasteiger partial charge in [0.2, 0.25) is 11.9 Å². The second-order valence-corrected chi connectivity index (χ2v) is 8.72. The molecule has 0 aliphatic rings. The summed E-state index contributed by atoms with van der Waals surface area (Å²) in [4.78, 5) is 28.8. The zero-order chi connectivity index (χ0) is 18.2. The SMILES string of the molecule is CC(=O)c1ccc(-c2ccc3nc(NC(=O)CS(C)(=O)=O)nn3c2)s1. The number of nitrogens with one attached hydrogen (secondary N) is 1. The minimum atomic E-state index is -3.42. The Hall–Kier alpha value is -2.59. The van der Waals surface area contributed by atoms with Gasteiger partial charge in [0.15, 0.2) is 21.3 Å². The van der Waals surface area contributed by atoms with E-state index in [9.17, 15) is 18.0 Å². The van der Waals surface area contributed by atoms with Crippen molar-refractivity contribution in [3.63, 3.8) is 0 Å². The molecule has 0 spiro atoms. The second kappa shape index (κ2) is 6.37. The lowest BCUT2D eigenvalue weighted by Crippen LogP contribution is -2.22. The van der Waals surface area contributed by atoms with Gasteiger partial charge in [-0.2, -0.15) is 4.98 Å². The molecule has 3 aromatic heterocycles. The molecule has 0 aliphatic carbocycles. The van der Waals surface area contributed by atoms with E-state index < -0.39 is 21.5 Å². The Bertz CT molecular complexity index is 1080. The standard InChI is InChI=1S/C15H14N4O4S2/c1-9(20)11-4-5-12(24-11)10-3-6-13-16-15(18-19(13)7-10)17-14(21)8-25(2,22)23/h3-7H,8H2,1-2H3,(H,17,18,21). The quantitative estimate of drug-likeness (QED) is 0.676. The summed E-state index contributed by atoms with van der Waals surface area (Å²) in [6.45, 7) is 1.52. The predicted octanol–water partition coefficient (Wildman–Crippen LogP) is 1.64. The number of rotatable bonds is 5. The van der Waals surface area contributed by atoms with Crippen LogP contribution in [-0.2, 0) is 14.6 Å². The number of Topliss-reactive ketones (excluding diaryl/α,β-unsaturated/α-hetero) is 1. The average Bonchev–Trinajstić information content (AvgIpc) is 3.10. The summed E-state index contributed by atoms with van der Waals surface area (Å²) in [6, 6.07) is 7.18. The Morgan fingerprint density at radius 1 is 1.24 bits per heavy atom. The second-order valence-electron chi connectivity index (χ2n) is 5.49. The van der Waals surface area contributed by atoms with Crippen molar-refractivity contribution in [3.05, 3.63) is 35.3 Å². The summed E-state index contributed by atoms with van der Waals surface area (Å²) in [5, 5.41) is 6.49. The number of aromatic nitrogens is 3. The van der Waals surface area contributed by atoms with E-state index in [0.29, 0.717) is 10.5 Å². The van der Waals surface area contributed by atoms with Crippen molar-refractivity contribution >= 4 is 44.5 Å². The van der Waals surface area contributed by atoms with E-state index >= 15 is 0 Å². The highest BCUT2D eigenvalue weighted by molar-refractivity contribution is 7.91. The van der Waals surface area contributed by atoms with Crippen LogP contribution in [0.1, 0.15) is 16.6 Å². The highest BCUT2D eigenvalue weighted by Crippen LogP contribution is 2.28. The largest absolute Gasteiger partial charge is 0.294 e. The summed E-state index contributed by atoms with van der Waals surface area (Å²) in [5.41, 5.74) is 1.35. The Morgan fingerprint density at radius 3 is 2.64 bits per heavy atom. The van der Waals surface area contributed by atoms with Crippen LogP contribution in [0.4, 0.5) is 5.95 Å². The Labute approximate surface area is 147 Å². The number of hydrogen-bond donors (Lipinski definition) is 1. The van der Waals surface area contributed by atoms with Crippen molar-refractivity contribution in [2.24, 2.45) is 0 Å². The van der Waals surface area contributed by atoms with E-state index in [1.807, 2.05) is 12.1 Å². The van der Waals surface area contributed by atoms with Crippen LogP contribution in [0.2, 0.25) is 0 Å². The number of carbonyl (C=O) groups is 2. The summed E-state index contributed by atoms with van der Waals surface area (Å²) >= 11 is 1.38. The van der Waals surface area contributed by atoms with Gasteiger partial charge in [-0.15, -0.1) is 16.4 Å². The molecule has 0 atom stereocenters. The van der Waals surface area contributed by atoms with E-state index in [1.165, 1.54) is 22.8 Å². The van der Waals surface area contributed by atoms with Crippen molar-refractivity contribution in [2.45, 2.75) is 6.92 Å². The van der Waals surface area contributed by atoms with E-state index in [1.54, 1.807) is 18.3 Å². The Balaban J connectivity index is 1.86. The third-order valence-corrected chi connectivity index (χ3v) is 5.23.